The van der Waals surface area contributed by atoms with Crippen molar-refractivity contribution in [3.63, 3.8) is 0 Å². The Hall–Kier alpha value is -2.16. The molecule has 1 amide bonds. The maximum Gasteiger partial charge on any atom is 0.237 e. The van der Waals surface area contributed by atoms with Gasteiger partial charge in [0.05, 0.1) is 5.25 Å². The lowest BCUT2D eigenvalue weighted by Gasteiger charge is -2.10. The molecule has 1 unspecified atom stereocenters. The number of halogens is 2. The third-order valence-corrected chi connectivity index (χ3v) is 5.80. The standard InChI is InChI=1S/C18H16ClFN4OS2/c1-11(16(25)22-15-4-2-3-13(19)9-15)26-18-24-23-17(27-18)21-10-12-5-7-14(20)8-6-12/h2-9,11H,10H2,1H3,(H,21,23)(H,22,25). The van der Waals surface area contributed by atoms with E-state index in [9.17, 15) is 9.18 Å². The van der Waals surface area contributed by atoms with Gasteiger partial charge in [-0.2, -0.15) is 0 Å². The zero-order valence-corrected chi connectivity index (χ0v) is 16.7. The molecule has 2 aromatic carbocycles. The Labute approximate surface area is 169 Å². The normalized spacial score (nSPS) is 11.8. The van der Waals surface area contributed by atoms with E-state index in [1.807, 2.05) is 0 Å². The van der Waals surface area contributed by atoms with E-state index >= 15 is 0 Å². The van der Waals surface area contributed by atoms with E-state index in [1.165, 1.54) is 35.2 Å². The average molecular weight is 423 g/mol. The number of rotatable bonds is 7. The number of carbonyl (C=O) groups is 1. The third-order valence-electron chi connectivity index (χ3n) is 3.50. The Morgan fingerprint density at radius 1 is 1.26 bits per heavy atom. The summed E-state index contributed by atoms with van der Waals surface area (Å²) in [7, 11) is 0. The second-order valence-electron chi connectivity index (χ2n) is 5.61. The fourth-order valence-electron chi connectivity index (χ4n) is 2.12. The summed E-state index contributed by atoms with van der Waals surface area (Å²) in [5.41, 5.74) is 1.59. The van der Waals surface area contributed by atoms with Gasteiger partial charge in [-0.1, -0.05) is 52.9 Å². The maximum atomic E-state index is 12.9. The molecule has 9 heteroatoms. The number of nitrogens with zero attached hydrogens (tertiary/aromatic N) is 2. The first-order chi connectivity index (χ1) is 13.0. The van der Waals surface area contributed by atoms with Crippen molar-refractivity contribution in [3.05, 3.63) is 64.9 Å². The fourth-order valence-corrected chi connectivity index (χ4v) is 4.21. The van der Waals surface area contributed by atoms with Crippen LogP contribution in [0.25, 0.3) is 0 Å². The molecule has 0 bridgehead atoms. The van der Waals surface area contributed by atoms with Crippen LogP contribution in [0, 0.1) is 5.82 Å². The van der Waals surface area contributed by atoms with Gasteiger partial charge in [-0.15, -0.1) is 10.2 Å². The van der Waals surface area contributed by atoms with Crippen molar-refractivity contribution in [1.82, 2.24) is 10.2 Å². The zero-order chi connectivity index (χ0) is 19.2. The molecule has 3 rings (SSSR count). The van der Waals surface area contributed by atoms with Crippen molar-refractivity contribution in [2.45, 2.75) is 23.1 Å². The van der Waals surface area contributed by atoms with Gasteiger partial charge in [0.25, 0.3) is 0 Å². The van der Waals surface area contributed by atoms with Gasteiger partial charge >= 0.3 is 0 Å². The topological polar surface area (TPSA) is 66.9 Å². The molecule has 0 spiro atoms. The van der Waals surface area contributed by atoms with E-state index in [0.717, 1.165) is 5.56 Å². The van der Waals surface area contributed by atoms with Crippen LogP contribution >= 0.6 is 34.7 Å². The van der Waals surface area contributed by atoms with Gasteiger partial charge in [-0.25, -0.2) is 4.39 Å². The number of nitrogens with one attached hydrogen (secondary N) is 2. The molecule has 0 aliphatic carbocycles. The maximum absolute atomic E-state index is 12.9. The van der Waals surface area contributed by atoms with Gasteiger partial charge in [0.2, 0.25) is 11.0 Å². The van der Waals surface area contributed by atoms with Gasteiger partial charge < -0.3 is 10.6 Å². The number of hydrogen-bond donors (Lipinski definition) is 2. The number of carbonyl (C=O) groups excluding carboxylic acids is 1. The molecule has 2 N–H and O–H groups in total. The highest BCUT2D eigenvalue weighted by Gasteiger charge is 2.17. The van der Waals surface area contributed by atoms with E-state index in [1.54, 1.807) is 43.3 Å². The van der Waals surface area contributed by atoms with Gasteiger partial charge in [-0.3, -0.25) is 4.79 Å². The van der Waals surface area contributed by atoms with E-state index in [2.05, 4.69) is 20.8 Å². The summed E-state index contributed by atoms with van der Waals surface area (Å²) in [6.07, 6.45) is 0. The molecule has 0 radical (unpaired) electrons. The molecular weight excluding hydrogens is 407 g/mol. The summed E-state index contributed by atoms with van der Waals surface area (Å²) in [5, 5.41) is 15.0. The Morgan fingerprint density at radius 3 is 2.78 bits per heavy atom. The molecule has 1 atom stereocenters. The van der Waals surface area contributed by atoms with Crippen LogP contribution in [0.4, 0.5) is 15.2 Å². The molecule has 3 aromatic rings. The molecule has 0 saturated heterocycles. The third kappa shape index (κ3) is 5.92. The zero-order valence-electron chi connectivity index (χ0n) is 14.3. The van der Waals surface area contributed by atoms with Crippen LogP contribution in [-0.2, 0) is 11.3 Å². The highest BCUT2D eigenvalue weighted by Crippen LogP contribution is 2.29. The summed E-state index contributed by atoms with van der Waals surface area (Å²) < 4.78 is 13.6. The average Bonchev–Trinajstić information content (AvgIpc) is 3.08. The minimum Gasteiger partial charge on any atom is -0.356 e. The first-order valence-corrected chi connectivity index (χ1v) is 10.1. The Bertz CT molecular complexity index is 920. The Balaban J connectivity index is 1.51. The summed E-state index contributed by atoms with van der Waals surface area (Å²) in [5.74, 6) is -0.406. The van der Waals surface area contributed by atoms with Crippen LogP contribution in [0.2, 0.25) is 5.02 Å². The Kier molecular flexibility index (Phi) is 6.65. The molecular formula is C18H16ClFN4OS2. The van der Waals surface area contributed by atoms with Gasteiger partial charge in [-0.05, 0) is 42.8 Å². The summed E-state index contributed by atoms with van der Waals surface area (Å²) >= 11 is 8.62. The second kappa shape index (κ2) is 9.16. The van der Waals surface area contributed by atoms with Crippen molar-refractivity contribution in [3.8, 4) is 0 Å². The lowest BCUT2D eigenvalue weighted by Crippen LogP contribution is -2.22. The van der Waals surface area contributed by atoms with E-state index in [4.69, 9.17) is 11.6 Å². The van der Waals surface area contributed by atoms with Crippen molar-refractivity contribution < 1.29 is 9.18 Å². The minimum atomic E-state index is -0.345. The largest absolute Gasteiger partial charge is 0.356 e. The molecule has 27 heavy (non-hydrogen) atoms. The monoisotopic (exact) mass is 422 g/mol. The first kappa shape index (κ1) is 19.6. The van der Waals surface area contributed by atoms with Gasteiger partial charge in [0.15, 0.2) is 4.34 Å². The van der Waals surface area contributed by atoms with Crippen LogP contribution in [0.1, 0.15) is 12.5 Å². The van der Waals surface area contributed by atoms with Crippen molar-refractivity contribution >= 4 is 51.4 Å². The van der Waals surface area contributed by atoms with Crippen molar-refractivity contribution in [1.29, 1.82) is 0 Å². The van der Waals surface area contributed by atoms with Gasteiger partial charge in [0.1, 0.15) is 5.82 Å². The van der Waals surface area contributed by atoms with Crippen LogP contribution in [0.3, 0.4) is 0 Å². The van der Waals surface area contributed by atoms with E-state index < -0.39 is 0 Å². The molecule has 1 aromatic heterocycles. The Morgan fingerprint density at radius 2 is 2.04 bits per heavy atom. The SMILES string of the molecule is CC(Sc1nnc(NCc2ccc(F)cc2)s1)C(=O)Nc1cccc(Cl)c1. The van der Waals surface area contributed by atoms with Crippen molar-refractivity contribution in [2.75, 3.05) is 10.6 Å². The highest BCUT2D eigenvalue weighted by molar-refractivity contribution is 8.02. The smallest absolute Gasteiger partial charge is 0.237 e. The summed E-state index contributed by atoms with van der Waals surface area (Å²) in [4.78, 5) is 12.3. The molecule has 0 aliphatic heterocycles. The molecule has 1 heterocycles. The van der Waals surface area contributed by atoms with Crippen LogP contribution in [0.15, 0.2) is 52.9 Å². The number of aromatic nitrogens is 2. The molecule has 5 nitrogen and oxygen atoms in total. The lowest BCUT2D eigenvalue weighted by molar-refractivity contribution is -0.115. The van der Waals surface area contributed by atoms with Crippen LogP contribution in [0.5, 0.6) is 0 Å². The van der Waals surface area contributed by atoms with E-state index in [0.29, 0.717) is 26.7 Å². The molecule has 0 saturated carbocycles. The summed E-state index contributed by atoms with van der Waals surface area (Å²) in [6, 6.07) is 13.2. The molecule has 140 valence electrons. The predicted octanol–water partition coefficient (Wildman–Crippen LogP) is 5.06. The number of anilines is 2. The van der Waals surface area contributed by atoms with Gasteiger partial charge in [0, 0.05) is 17.3 Å². The molecule has 0 aliphatic rings. The minimum absolute atomic E-state index is 0.140. The van der Waals surface area contributed by atoms with Crippen LogP contribution < -0.4 is 10.6 Å². The summed E-state index contributed by atoms with van der Waals surface area (Å²) in [6.45, 7) is 2.32. The first-order valence-electron chi connectivity index (χ1n) is 8.04. The van der Waals surface area contributed by atoms with Crippen molar-refractivity contribution in [2.24, 2.45) is 0 Å². The predicted molar refractivity (Wildman–Crippen MR) is 109 cm³/mol. The number of benzene rings is 2. The quantitative estimate of drug-likeness (QED) is 0.521. The number of hydrogen-bond acceptors (Lipinski definition) is 6. The highest BCUT2D eigenvalue weighted by atomic mass is 35.5. The number of amides is 1. The van der Waals surface area contributed by atoms with Crippen LogP contribution in [-0.4, -0.2) is 21.4 Å². The van der Waals surface area contributed by atoms with E-state index in [-0.39, 0.29) is 17.0 Å². The number of thioether (sulfide) groups is 1. The molecule has 0 fully saturated rings. The second-order valence-corrected chi connectivity index (χ2v) is 8.61. The fraction of sp³-hybridized carbons (Fsp3) is 0.167. The lowest BCUT2D eigenvalue weighted by atomic mass is 10.2.